The van der Waals surface area contributed by atoms with Gasteiger partial charge >= 0.3 is 15.4 Å². The second-order valence-electron chi connectivity index (χ2n) is 10.8. The van der Waals surface area contributed by atoms with Crippen LogP contribution in [-0.4, -0.2) is 12.2 Å². The topological polar surface area (TPSA) is 51.2 Å². The van der Waals surface area contributed by atoms with Crippen molar-refractivity contribution in [3.63, 3.8) is 0 Å². The maximum atomic E-state index is 9.75. The average Bonchev–Trinajstić information content (AvgIpc) is 3.21. The van der Waals surface area contributed by atoms with Crippen LogP contribution in [-0.2, 0) is 19.5 Å². The van der Waals surface area contributed by atoms with Gasteiger partial charge in [-0.25, -0.2) is 0 Å². The maximum absolute atomic E-state index is 9.75. The SMILES string of the molecule is C1=C\CC/C=C\CC/1.F[B-](F)(F)F.[Rh].c1cnc2c(Np3oc4ccc5ccccc5c4c4c(ccc5ccccc54)o3)cccc2c1. The van der Waals surface area contributed by atoms with Crippen LogP contribution in [0.15, 0.2) is 142 Å². The van der Waals surface area contributed by atoms with Gasteiger partial charge in [0.1, 0.15) is 11.2 Å². The number of nitrogens with zero attached hydrogens (tertiary/aromatic N) is 1. The molecule has 1 aliphatic rings. The minimum absolute atomic E-state index is 0. The number of fused-ring (bicyclic) bond motifs is 8. The number of allylic oxidation sites excluding steroid dienone is 4. The predicted octanol–water partition coefficient (Wildman–Crippen LogP) is 13.0. The molecule has 11 heteroatoms. The summed E-state index contributed by atoms with van der Waals surface area (Å²) in [5.41, 5.74) is 3.39. The quantitative estimate of drug-likeness (QED) is 0.108. The van der Waals surface area contributed by atoms with Gasteiger partial charge in [0.05, 0.1) is 11.2 Å². The van der Waals surface area contributed by atoms with Crippen LogP contribution in [0.3, 0.4) is 0 Å². The van der Waals surface area contributed by atoms with Gasteiger partial charge in [-0.1, -0.05) is 103 Å². The molecule has 8 rings (SSSR count). The molecule has 0 aliphatic heterocycles. The number of anilines is 1. The maximum Gasteiger partial charge on any atom is 0.673 e. The Bertz CT molecular complexity index is 2140. The van der Waals surface area contributed by atoms with E-state index >= 15 is 0 Å². The largest absolute Gasteiger partial charge is 0.673 e. The van der Waals surface area contributed by atoms with Crippen molar-refractivity contribution >= 4 is 75.5 Å². The second kappa shape index (κ2) is 16.1. The first-order valence-electron chi connectivity index (χ1n) is 15.3. The molecule has 247 valence electrons. The number of pyridine rings is 1. The van der Waals surface area contributed by atoms with Gasteiger partial charge in [-0.15, -0.1) is 0 Å². The van der Waals surface area contributed by atoms with Gasteiger partial charge in [-0.2, -0.15) is 0 Å². The minimum atomic E-state index is -6.00. The first-order valence-corrected chi connectivity index (χ1v) is 16.5. The van der Waals surface area contributed by atoms with Crippen LogP contribution < -0.4 is 5.09 Å². The van der Waals surface area contributed by atoms with Crippen LogP contribution >= 0.6 is 8.16 Å². The van der Waals surface area contributed by atoms with E-state index in [0.29, 0.717) is 0 Å². The van der Waals surface area contributed by atoms with Crippen LogP contribution in [0.4, 0.5) is 23.0 Å². The molecule has 2 aromatic heterocycles. The average molecular weight is 756 g/mol. The fraction of sp³-hybridized carbons (Fsp3) is 0.108. The van der Waals surface area contributed by atoms with E-state index in [9.17, 15) is 17.3 Å². The van der Waals surface area contributed by atoms with Gasteiger partial charge in [0.25, 0.3) is 0 Å². The van der Waals surface area contributed by atoms with E-state index in [-0.39, 0.29) is 19.5 Å². The summed E-state index contributed by atoms with van der Waals surface area (Å²) in [5, 5.41) is 11.3. The Labute approximate surface area is 289 Å². The normalized spacial score (nSPS) is 14.1. The number of nitrogens with one attached hydrogen (secondary N) is 1. The van der Waals surface area contributed by atoms with Crippen LogP contribution in [0.5, 0.6) is 0 Å². The Balaban J connectivity index is 0.000000273. The first kappa shape index (κ1) is 34.9. The summed E-state index contributed by atoms with van der Waals surface area (Å²) >= 11 is 0. The third-order valence-corrected chi connectivity index (χ3v) is 8.72. The van der Waals surface area contributed by atoms with Gasteiger partial charge in [0.15, 0.2) is 0 Å². The molecule has 0 amide bonds. The third-order valence-electron chi connectivity index (χ3n) is 7.57. The van der Waals surface area contributed by atoms with Crippen molar-refractivity contribution in [3.05, 3.63) is 134 Å². The molecule has 48 heavy (non-hydrogen) atoms. The van der Waals surface area contributed by atoms with Crippen molar-refractivity contribution in [3.8, 4) is 0 Å². The minimum Gasteiger partial charge on any atom is -0.418 e. The summed E-state index contributed by atoms with van der Waals surface area (Å²) in [4.78, 5) is 4.58. The Hall–Kier alpha value is -4.38. The molecule has 1 N–H and O–H groups in total. The van der Waals surface area contributed by atoms with Crippen molar-refractivity contribution in [1.29, 1.82) is 0 Å². The number of rotatable bonds is 2. The zero-order valence-electron chi connectivity index (χ0n) is 25.7. The van der Waals surface area contributed by atoms with E-state index in [1.165, 1.54) is 36.5 Å². The van der Waals surface area contributed by atoms with Crippen molar-refractivity contribution in [1.82, 2.24) is 4.98 Å². The molecule has 0 spiro atoms. The molecular weight excluding hydrogens is 725 g/mol. The van der Waals surface area contributed by atoms with Crippen LogP contribution in [0.1, 0.15) is 25.7 Å². The van der Waals surface area contributed by atoms with Crippen molar-refractivity contribution in [2.24, 2.45) is 0 Å². The van der Waals surface area contributed by atoms with Gasteiger partial charge in [-0.05, 0) is 71.5 Å². The van der Waals surface area contributed by atoms with Gasteiger partial charge in [0, 0.05) is 41.8 Å². The molecule has 0 saturated carbocycles. The molecular formula is C37H31BF4N2O2PRh-. The molecule has 0 saturated heterocycles. The molecule has 7 aromatic rings. The number of hydrogen-bond acceptors (Lipinski definition) is 4. The molecule has 0 fully saturated rings. The van der Waals surface area contributed by atoms with Crippen LogP contribution in [0, 0.1) is 0 Å². The molecule has 0 bridgehead atoms. The van der Waals surface area contributed by atoms with Gasteiger partial charge in [0.2, 0.25) is 0 Å². The van der Waals surface area contributed by atoms with Crippen molar-refractivity contribution in [2.45, 2.75) is 25.7 Å². The number of benzene rings is 5. The standard InChI is InChI=1S/C29H19N2O2P.C8H12.BF4.Rh/c1-3-11-22-19(7-1)14-16-25-27(22)28-23-12-4-2-8-20(23)15-17-26(28)33-34(32-25)31-24-13-5-9-21-10-6-18-30-29(21)24;1-2-4-6-8-7-5-3-1;2-1(3,4)5;/h1-18,31H;1-2,7-8H,3-6H2;;/q;;-1;/b;2-1-,8-7-;;. The van der Waals surface area contributed by atoms with Gasteiger partial charge < -0.3 is 25.7 Å². The summed E-state index contributed by atoms with van der Waals surface area (Å²) in [6.07, 6.45) is 15.8. The molecule has 1 radical (unpaired) electrons. The van der Waals surface area contributed by atoms with E-state index < -0.39 is 15.4 Å². The molecule has 0 atom stereocenters. The summed E-state index contributed by atoms with van der Waals surface area (Å²) in [6.45, 7) is 0. The molecule has 2 heterocycles. The summed E-state index contributed by atoms with van der Waals surface area (Å²) in [6, 6.07) is 35.2. The van der Waals surface area contributed by atoms with E-state index in [1.54, 1.807) is 6.20 Å². The van der Waals surface area contributed by atoms with E-state index in [0.717, 1.165) is 49.3 Å². The van der Waals surface area contributed by atoms with Crippen molar-refractivity contribution < 1.29 is 45.1 Å². The van der Waals surface area contributed by atoms with Crippen molar-refractivity contribution in [2.75, 3.05) is 5.09 Å². The van der Waals surface area contributed by atoms with E-state index in [2.05, 4.69) is 119 Å². The zero-order chi connectivity index (χ0) is 32.6. The Kier molecular flexibility index (Phi) is 11.8. The monoisotopic (exact) mass is 756 g/mol. The molecule has 0 unspecified atom stereocenters. The second-order valence-corrected chi connectivity index (χ2v) is 11.9. The summed E-state index contributed by atoms with van der Waals surface area (Å²) < 4.78 is 52.1. The van der Waals surface area contributed by atoms with E-state index in [4.69, 9.17) is 8.39 Å². The molecule has 5 aromatic carbocycles. The first-order chi connectivity index (χ1) is 22.8. The molecule has 4 nitrogen and oxygen atoms in total. The summed E-state index contributed by atoms with van der Waals surface area (Å²) in [7, 11) is -7.52. The smallest absolute Gasteiger partial charge is 0.418 e. The number of aromatic nitrogens is 1. The Morgan fingerprint density at radius 1 is 0.562 bits per heavy atom. The molecule has 1 aliphatic carbocycles. The summed E-state index contributed by atoms with van der Waals surface area (Å²) in [5.74, 6) is 0. The number of para-hydroxylation sites is 1. The van der Waals surface area contributed by atoms with Crippen LogP contribution in [0.25, 0.3) is 54.4 Å². The number of hydrogen-bond donors (Lipinski definition) is 1. The fourth-order valence-corrected chi connectivity index (χ4v) is 6.73. The zero-order valence-corrected chi connectivity index (χ0v) is 28.2. The third kappa shape index (κ3) is 8.74. The predicted molar refractivity (Wildman–Crippen MR) is 189 cm³/mol. The van der Waals surface area contributed by atoms with Gasteiger partial charge in [-0.3, -0.25) is 10.1 Å². The Morgan fingerprint density at radius 2 is 1.02 bits per heavy atom. The Morgan fingerprint density at radius 3 is 1.54 bits per heavy atom. The fourth-order valence-electron chi connectivity index (χ4n) is 5.56. The van der Waals surface area contributed by atoms with Crippen LogP contribution in [0.2, 0.25) is 0 Å². The number of halogens is 4. The van der Waals surface area contributed by atoms with E-state index in [1.807, 2.05) is 18.2 Å².